The number of aryl methyl sites for hydroxylation is 1. The normalized spacial score (nSPS) is 10.4. The summed E-state index contributed by atoms with van der Waals surface area (Å²) >= 11 is 0. The molecule has 140 valence electrons. The molecule has 0 unspecified atom stereocenters. The van der Waals surface area contributed by atoms with Crippen LogP contribution in [0.2, 0.25) is 0 Å². The number of carbonyl (C=O) groups is 2. The van der Waals surface area contributed by atoms with Crippen LogP contribution in [-0.4, -0.2) is 23.3 Å². The molecule has 0 aliphatic heterocycles. The number of nitrogens with zero attached hydrogens (tertiary/aromatic N) is 1. The van der Waals surface area contributed by atoms with Gasteiger partial charge in [-0.15, -0.1) is 0 Å². The fraction of sp³-hybridized carbons (Fsp3) is 0.158. The second-order valence-electron chi connectivity index (χ2n) is 5.51. The van der Waals surface area contributed by atoms with Crippen LogP contribution in [0.4, 0.5) is 5.69 Å². The van der Waals surface area contributed by atoms with Crippen LogP contribution in [0.25, 0.3) is 6.08 Å². The minimum Gasteiger partial charge on any atom is -0.484 e. The fourth-order valence-electron chi connectivity index (χ4n) is 2.09. The van der Waals surface area contributed by atoms with Crippen LogP contribution in [0, 0.1) is 10.1 Å². The molecule has 0 saturated carbocycles. The van der Waals surface area contributed by atoms with Gasteiger partial charge in [-0.2, -0.15) is 0 Å². The lowest BCUT2D eigenvalue weighted by molar-refractivity contribution is -0.384. The van der Waals surface area contributed by atoms with Crippen molar-refractivity contribution < 1.29 is 19.2 Å². The van der Waals surface area contributed by atoms with Gasteiger partial charge in [-0.1, -0.05) is 31.2 Å². The highest BCUT2D eigenvalue weighted by Gasteiger charge is 2.06. The molecule has 2 N–H and O–H groups in total. The van der Waals surface area contributed by atoms with E-state index >= 15 is 0 Å². The first-order valence-electron chi connectivity index (χ1n) is 8.21. The minimum absolute atomic E-state index is 0.0741. The maximum absolute atomic E-state index is 11.7. The lowest BCUT2D eigenvalue weighted by atomic mass is 10.2. The first kappa shape index (κ1) is 19.6. The molecule has 0 aromatic heterocycles. The summed E-state index contributed by atoms with van der Waals surface area (Å²) in [4.78, 5) is 33.6. The molecule has 0 saturated heterocycles. The molecule has 2 amide bonds. The number of nitrogens with one attached hydrogen (secondary N) is 2. The van der Waals surface area contributed by atoms with Gasteiger partial charge in [-0.3, -0.25) is 30.6 Å². The van der Waals surface area contributed by atoms with Gasteiger partial charge in [0.1, 0.15) is 5.75 Å². The Labute approximate surface area is 156 Å². The predicted molar refractivity (Wildman–Crippen MR) is 99.7 cm³/mol. The van der Waals surface area contributed by atoms with E-state index in [1.807, 2.05) is 19.1 Å². The number of hydrogen-bond donors (Lipinski definition) is 2. The van der Waals surface area contributed by atoms with Crippen LogP contribution in [-0.2, 0) is 16.0 Å². The van der Waals surface area contributed by atoms with Crippen LogP contribution in [0.3, 0.4) is 0 Å². The lowest BCUT2D eigenvalue weighted by Gasteiger charge is -2.08. The number of nitro benzene ring substituents is 1. The van der Waals surface area contributed by atoms with Crippen molar-refractivity contribution in [1.29, 1.82) is 0 Å². The van der Waals surface area contributed by atoms with Gasteiger partial charge in [0.25, 0.3) is 17.5 Å². The highest BCUT2D eigenvalue weighted by Crippen LogP contribution is 2.14. The molecule has 2 aromatic carbocycles. The van der Waals surface area contributed by atoms with Crippen molar-refractivity contribution >= 4 is 23.6 Å². The highest BCUT2D eigenvalue weighted by molar-refractivity contribution is 5.93. The minimum atomic E-state index is -0.581. The summed E-state index contributed by atoms with van der Waals surface area (Å²) in [6, 6.07) is 13.2. The molecule has 0 bridgehead atoms. The molecule has 0 radical (unpaired) electrons. The standard InChI is InChI=1S/C19H19N3O5/c1-2-14-6-9-17(10-7-14)27-13-19(24)21-20-18(23)11-8-15-4-3-5-16(12-15)22(25)26/h3-12H,2,13H2,1H3,(H,20,23)(H,21,24)/b11-8+. The number of ether oxygens (including phenoxy) is 1. The van der Waals surface area contributed by atoms with Crippen molar-refractivity contribution in [1.82, 2.24) is 10.9 Å². The molecular formula is C19H19N3O5. The van der Waals surface area contributed by atoms with Gasteiger partial charge in [0, 0.05) is 18.2 Å². The number of rotatable bonds is 7. The summed E-state index contributed by atoms with van der Waals surface area (Å²) < 4.78 is 5.32. The van der Waals surface area contributed by atoms with Crippen molar-refractivity contribution in [2.75, 3.05) is 6.61 Å². The first-order valence-corrected chi connectivity index (χ1v) is 8.21. The van der Waals surface area contributed by atoms with Gasteiger partial charge in [0.2, 0.25) is 0 Å². The first-order chi connectivity index (χ1) is 13.0. The molecule has 8 heteroatoms. The summed E-state index contributed by atoms with van der Waals surface area (Å²) in [5, 5.41) is 10.7. The number of benzene rings is 2. The average molecular weight is 369 g/mol. The Morgan fingerprint density at radius 1 is 1.15 bits per heavy atom. The van der Waals surface area contributed by atoms with E-state index in [0.29, 0.717) is 11.3 Å². The molecule has 0 heterocycles. The van der Waals surface area contributed by atoms with Gasteiger partial charge < -0.3 is 4.74 Å². The van der Waals surface area contributed by atoms with Crippen LogP contribution < -0.4 is 15.6 Å². The van der Waals surface area contributed by atoms with Crippen molar-refractivity contribution in [3.8, 4) is 5.75 Å². The zero-order valence-electron chi connectivity index (χ0n) is 14.7. The third-order valence-electron chi connectivity index (χ3n) is 3.53. The van der Waals surface area contributed by atoms with E-state index in [9.17, 15) is 19.7 Å². The third kappa shape index (κ3) is 6.62. The van der Waals surface area contributed by atoms with Crippen LogP contribution in [0.5, 0.6) is 5.75 Å². The van der Waals surface area contributed by atoms with Gasteiger partial charge in [-0.25, -0.2) is 0 Å². The van der Waals surface area contributed by atoms with E-state index in [2.05, 4.69) is 10.9 Å². The lowest BCUT2D eigenvalue weighted by Crippen LogP contribution is -2.43. The Balaban J connectivity index is 1.76. The Kier molecular flexibility index (Phi) is 7.07. The monoisotopic (exact) mass is 369 g/mol. The number of nitro groups is 1. The van der Waals surface area contributed by atoms with Gasteiger partial charge in [-0.05, 0) is 35.8 Å². The zero-order valence-corrected chi connectivity index (χ0v) is 14.7. The summed E-state index contributed by atoms with van der Waals surface area (Å²) in [6.07, 6.45) is 3.47. The zero-order chi connectivity index (χ0) is 19.6. The Morgan fingerprint density at radius 3 is 2.56 bits per heavy atom. The van der Waals surface area contributed by atoms with Gasteiger partial charge in [0.05, 0.1) is 4.92 Å². The average Bonchev–Trinajstić information content (AvgIpc) is 2.69. The molecule has 0 aliphatic rings. The molecule has 27 heavy (non-hydrogen) atoms. The maximum atomic E-state index is 11.7. The van der Waals surface area contributed by atoms with Crippen molar-refractivity contribution in [3.63, 3.8) is 0 Å². The van der Waals surface area contributed by atoms with Crippen LogP contribution >= 0.6 is 0 Å². The molecule has 2 rings (SSSR count). The van der Waals surface area contributed by atoms with Crippen molar-refractivity contribution in [2.24, 2.45) is 0 Å². The second kappa shape index (κ2) is 9.71. The number of hydrazine groups is 1. The topological polar surface area (TPSA) is 111 Å². The van der Waals surface area contributed by atoms with E-state index in [1.54, 1.807) is 18.2 Å². The van der Waals surface area contributed by atoms with E-state index in [4.69, 9.17) is 4.74 Å². The Bertz CT molecular complexity index is 847. The smallest absolute Gasteiger partial charge is 0.276 e. The number of amides is 2. The van der Waals surface area contributed by atoms with E-state index < -0.39 is 16.7 Å². The largest absolute Gasteiger partial charge is 0.484 e. The van der Waals surface area contributed by atoms with E-state index in [-0.39, 0.29) is 12.3 Å². The fourth-order valence-corrected chi connectivity index (χ4v) is 2.09. The van der Waals surface area contributed by atoms with E-state index in [0.717, 1.165) is 18.1 Å². The molecule has 8 nitrogen and oxygen atoms in total. The molecule has 0 fully saturated rings. The Morgan fingerprint density at radius 2 is 1.89 bits per heavy atom. The predicted octanol–water partition coefficient (Wildman–Crippen LogP) is 2.40. The molecule has 0 atom stereocenters. The molecule has 2 aromatic rings. The molecule has 0 spiro atoms. The van der Waals surface area contributed by atoms with Crippen molar-refractivity contribution in [2.45, 2.75) is 13.3 Å². The number of non-ortho nitro benzene ring substituents is 1. The maximum Gasteiger partial charge on any atom is 0.276 e. The Hall–Kier alpha value is -3.68. The highest BCUT2D eigenvalue weighted by atomic mass is 16.6. The summed E-state index contributed by atoms with van der Waals surface area (Å²) in [5.41, 5.74) is 6.00. The molecular weight excluding hydrogens is 350 g/mol. The van der Waals surface area contributed by atoms with Crippen LogP contribution in [0.15, 0.2) is 54.6 Å². The quantitative estimate of drug-likeness (QED) is 0.442. The van der Waals surface area contributed by atoms with Gasteiger partial charge in [0.15, 0.2) is 6.61 Å². The molecule has 0 aliphatic carbocycles. The van der Waals surface area contributed by atoms with Crippen LogP contribution in [0.1, 0.15) is 18.1 Å². The second-order valence-corrected chi connectivity index (χ2v) is 5.51. The number of hydrogen-bond acceptors (Lipinski definition) is 5. The summed E-state index contributed by atoms with van der Waals surface area (Å²) in [6.45, 7) is 1.79. The third-order valence-corrected chi connectivity index (χ3v) is 3.53. The summed E-state index contributed by atoms with van der Waals surface area (Å²) in [5.74, 6) is -0.548. The van der Waals surface area contributed by atoms with Crippen molar-refractivity contribution in [3.05, 3.63) is 75.8 Å². The number of carbonyl (C=O) groups excluding carboxylic acids is 2. The van der Waals surface area contributed by atoms with Gasteiger partial charge >= 0.3 is 0 Å². The van der Waals surface area contributed by atoms with E-state index in [1.165, 1.54) is 24.3 Å². The SMILES string of the molecule is CCc1ccc(OCC(=O)NNC(=O)/C=C/c2cccc([N+](=O)[O-])c2)cc1. The summed E-state index contributed by atoms with van der Waals surface area (Å²) in [7, 11) is 0.